The number of oxazole rings is 1. The number of aromatic nitrogens is 5. The van der Waals surface area contributed by atoms with Gasteiger partial charge < -0.3 is 40.0 Å². The number of carbonyl (C=O) groups is 7. The smallest absolute Gasteiger partial charge is 0.365 e. The molecule has 4 heterocycles. The molecule has 2 aliphatic heterocycles. The van der Waals surface area contributed by atoms with E-state index in [9.17, 15) is 38.7 Å². The highest BCUT2D eigenvalue weighted by Gasteiger charge is 2.54. The van der Waals surface area contributed by atoms with Crippen LogP contribution < -0.4 is 20.5 Å². The van der Waals surface area contributed by atoms with E-state index >= 15 is 0 Å². The van der Waals surface area contributed by atoms with Crippen LogP contribution in [0, 0.1) is 0 Å². The van der Waals surface area contributed by atoms with E-state index in [-0.39, 0.29) is 51.1 Å². The molecule has 266 valence electrons. The first kappa shape index (κ1) is 36.0. The highest BCUT2D eigenvalue weighted by atomic mass is 32.2. The number of aliphatic carboxylic acids is 2. The van der Waals surface area contributed by atoms with Crippen molar-refractivity contribution in [1.29, 1.82) is 0 Å². The van der Waals surface area contributed by atoms with Gasteiger partial charge in [-0.15, -0.1) is 16.9 Å². The molecule has 22 nitrogen and oxygen atoms in total. The Hall–Kier alpha value is -6.30. The number of nitrogens with zero attached hydrogens (tertiary/aromatic N) is 7. The number of amides is 2. The third kappa shape index (κ3) is 8.13. The van der Waals surface area contributed by atoms with Gasteiger partial charge in [-0.25, -0.2) is 14.3 Å². The molecule has 2 atom stereocenters. The number of fused-ring (bicyclic) bond motifs is 1. The predicted octanol–water partition coefficient (Wildman–Crippen LogP) is -0.729. The maximum Gasteiger partial charge on any atom is 0.365 e. The summed E-state index contributed by atoms with van der Waals surface area (Å²) in [4.78, 5) is 95.6. The van der Waals surface area contributed by atoms with E-state index in [0.29, 0.717) is 5.57 Å². The first-order chi connectivity index (χ1) is 24.2. The van der Waals surface area contributed by atoms with Crippen LogP contribution in [0.4, 0.5) is 6.01 Å². The first-order valence-corrected chi connectivity index (χ1v) is 16.1. The van der Waals surface area contributed by atoms with Gasteiger partial charge in [-0.2, -0.15) is 4.98 Å². The van der Waals surface area contributed by atoms with Crippen molar-refractivity contribution in [2.24, 2.45) is 5.16 Å². The Morgan fingerprint density at radius 3 is 2.51 bits per heavy atom. The largest absolute Gasteiger partial charge is 0.480 e. The van der Waals surface area contributed by atoms with Crippen LogP contribution in [-0.4, -0.2) is 111 Å². The van der Waals surface area contributed by atoms with E-state index in [1.165, 1.54) is 0 Å². The number of esters is 2. The SMILES string of the molecule is CC(=O)Oc1ccc(C(=O)ON=C(C(=O)NC2C(=O)N3C(C(=O)O)=C(CSc4nnnn4CC(=O)O)CS[C@@H]23)c2coc(N)n2)cc1OC(C)=O. The highest BCUT2D eigenvalue weighted by molar-refractivity contribution is 8.01. The Morgan fingerprint density at radius 1 is 1.14 bits per heavy atom. The van der Waals surface area contributed by atoms with Crippen molar-refractivity contribution in [1.82, 2.24) is 35.4 Å². The zero-order chi connectivity index (χ0) is 37.0. The molecule has 2 amide bonds. The molecule has 5 N–H and O–H groups in total. The molecule has 1 unspecified atom stereocenters. The second-order valence-electron chi connectivity index (χ2n) is 10.2. The third-order valence-corrected chi connectivity index (χ3v) is 8.97. The fourth-order valence-corrected chi connectivity index (χ4v) is 6.89. The number of carboxylic acid groups (broad SMARTS) is 2. The molecule has 1 aromatic carbocycles. The number of hydrogen-bond donors (Lipinski definition) is 4. The number of thioether (sulfide) groups is 2. The first-order valence-electron chi connectivity index (χ1n) is 14.1. The second-order valence-corrected chi connectivity index (χ2v) is 12.2. The van der Waals surface area contributed by atoms with Crippen LogP contribution in [0.3, 0.4) is 0 Å². The van der Waals surface area contributed by atoms with Crippen LogP contribution in [0.15, 0.2) is 50.5 Å². The monoisotopic (exact) mass is 745 g/mol. The fourth-order valence-electron chi connectivity index (χ4n) is 4.53. The zero-order valence-electron chi connectivity index (χ0n) is 26.0. The molecule has 0 bridgehead atoms. The van der Waals surface area contributed by atoms with Crippen LogP contribution in [0.25, 0.3) is 0 Å². The van der Waals surface area contributed by atoms with Gasteiger partial charge in [-0.3, -0.25) is 28.9 Å². The molecule has 1 saturated heterocycles. The van der Waals surface area contributed by atoms with Gasteiger partial charge in [0.15, 0.2) is 17.2 Å². The summed E-state index contributed by atoms with van der Waals surface area (Å²) < 4.78 is 15.9. The standard InChI is InChI=1S/C27H23N9O13S2/c1-10(37)47-15-4-3-12(5-16(15)48-11(2)38)25(45)49-32-18(14-7-46-26(28)29-14)21(41)30-19-22(42)36-20(24(43)44)13(8-50-23(19)36)9-51-27-31-33-34-35(27)6-17(39)40/h3-5,7,19,23H,6,8-9H2,1-2H3,(H2,28,29)(H,30,41)(H,39,40)(H,43,44)/t19?,23-/m0/s1. The Balaban J connectivity index is 1.32. The van der Waals surface area contributed by atoms with Crippen LogP contribution in [-0.2, 0) is 40.1 Å². The van der Waals surface area contributed by atoms with Crippen molar-refractivity contribution < 1.29 is 62.5 Å². The molecule has 3 aromatic rings. The van der Waals surface area contributed by atoms with Gasteiger partial charge in [0.25, 0.3) is 17.8 Å². The van der Waals surface area contributed by atoms with Gasteiger partial charge >= 0.3 is 29.8 Å². The molecule has 24 heteroatoms. The summed E-state index contributed by atoms with van der Waals surface area (Å²) in [5.74, 6) is -7.47. The lowest BCUT2D eigenvalue weighted by Gasteiger charge is -2.49. The summed E-state index contributed by atoms with van der Waals surface area (Å²) in [5, 5.41) is 35.1. The molecule has 0 aliphatic carbocycles. The number of hydrogen-bond acceptors (Lipinski definition) is 19. The molecule has 0 spiro atoms. The Labute approximate surface area is 292 Å². The van der Waals surface area contributed by atoms with Crippen molar-refractivity contribution in [3.63, 3.8) is 0 Å². The third-order valence-electron chi connectivity index (χ3n) is 6.58. The van der Waals surface area contributed by atoms with Gasteiger partial charge in [0.2, 0.25) is 5.16 Å². The lowest BCUT2D eigenvalue weighted by Crippen LogP contribution is -2.71. The number of rotatable bonds is 13. The lowest BCUT2D eigenvalue weighted by molar-refractivity contribution is -0.150. The van der Waals surface area contributed by atoms with Crippen molar-refractivity contribution in [2.75, 3.05) is 17.2 Å². The molecule has 51 heavy (non-hydrogen) atoms. The Morgan fingerprint density at radius 2 is 1.86 bits per heavy atom. The maximum atomic E-state index is 13.4. The number of benzene rings is 1. The number of nitrogens with two attached hydrogens (primary N) is 1. The van der Waals surface area contributed by atoms with Crippen molar-refractivity contribution in [3.05, 3.63) is 47.0 Å². The highest BCUT2D eigenvalue weighted by Crippen LogP contribution is 2.41. The summed E-state index contributed by atoms with van der Waals surface area (Å²) in [5.41, 5.74) is 4.36. The van der Waals surface area contributed by atoms with E-state index in [2.05, 4.69) is 31.0 Å². The summed E-state index contributed by atoms with van der Waals surface area (Å²) in [6.07, 6.45) is 0.931. The number of nitrogens with one attached hydrogen (secondary N) is 1. The number of nitrogen functional groups attached to an aromatic ring is 1. The summed E-state index contributed by atoms with van der Waals surface area (Å²) in [6, 6.07) is 1.73. The summed E-state index contributed by atoms with van der Waals surface area (Å²) in [6.45, 7) is 1.67. The fraction of sp³-hybridized carbons (Fsp3) is 0.259. The Bertz CT molecular complexity index is 2020. The summed E-state index contributed by atoms with van der Waals surface area (Å²) >= 11 is 2.12. The lowest BCUT2D eigenvalue weighted by atomic mass is 10.0. The zero-order valence-corrected chi connectivity index (χ0v) is 27.6. The number of β-lactam (4-membered cyclic amide) rings is 1. The number of ether oxygens (including phenoxy) is 2. The van der Waals surface area contributed by atoms with Gasteiger partial charge in [0.1, 0.15) is 35.6 Å². The molecule has 2 aromatic heterocycles. The molecule has 0 radical (unpaired) electrons. The topological polar surface area (TPSA) is 311 Å². The number of anilines is 1. The normalized spacial score (nSPS) is 16.9. The number of tetrazole rings is 1. The van der Waals surface area contributed by atoms with Gasteiger partial charge in [0, 0.05) is 25.4 Å². The van der Waals surface area contributed by atoms with E-state index in [0.717, 1.165) is 71.4 Å². The van der Waals surface area contributed by atoms with Gasteiger partial charge in [-0.1, -0.05) is 16.9 Å². The van der Waals surface area contributed by atoms with E-state index < -0.39 is 65.3 Å². The predicted molar refractivity (Wildman–Crippen MR) is 168 cm³/mol. The summed E-state index contributed by atoms with van der Waals surface area (Å²) in [7, 11) is 0. The van der Waals surface area contributed by atoms with Gasteiger partial charge in [-0.05, 0) is 34.2 Å². The van der Waals surface area contributed by atoms with Crippen LogP contribution >= 0.6 is 23.5 Å². The average Bonchev–Trinajstić information content (AvgIpc) is 3.70. The number of oxime groups is 1. The minimum Gasteiger partial charge on any atom is -0.480 e. The number of carboxylic acids is 2. The van der Waals surface area contributed by atoms with Gasteiger partial charge in [0.05, 0.1) is 5.56 Å². The average molecular weight is 746 g/mol. The Kier molecular flexibility index (Phi) is 10.6. The van der Waals surface area contributed by atoms with E-state index in [1.807, 2.05) is 0 Å². The molecule has 1 fully saturated rings. The quantitative estimate of drug-likeness (QED) is 0.0319. The maximum absolute atomic E-state index is 13.4. The minimum absolute atomic E-state index is 0.00670. The number of carbonyl (C=O) groups excluding carboxylic acids is 5. The molecule has 0 saturated carbocycles. The van der Waals surface area contributed by atoms with Crippen molar-refractivity contribution in [2.45, 2.75) is 37.0 Å². The van der Waals surface area contributed by atoms with E-state index in [1.54, 1.807) is 0 Å². The second kappa shape index (κ2) is 15.1. The molecular formula is C27H23N9O13S2. The molecule has 2 aliphatic rings. The van der Waals surface area contributed by atoms with Crippen LogP contribution in [0.5, 0.6) is 11.5 Å². The van der Waals surface area contributed by atoms with E-state index in [4.69, 9.17) is 29.6 Å². The van der Waals surface area contributed by atoms with Crippen LogP contribution in [0.1, 0.15) is 29.9 Å². The van der Waals surface area contributed by atoms with Crippen molar-refractivity contribution in [3.8, 4) is 11.5 Å². The minimum atomic E-state index is -1.41. The van der Waals surface area contributed by atoms with Crippen LogP contribution in [0.2, 0.25) is 0 Å². The van der Waals surface area contributed by atoms with Crippen molar-refractivity contribution >= 4 is 76.9 Å². The molecular weight excluding hydrogens is 722 g/mol. The molecule has 5 rings (SSSR count).